The second-order valence-corrected chi connectivity index (χ2v) is 8.99. The summed E-state index contributed by atoms with van der Waals surface area (Å²) in [4.78, 5) is 0.640. The molecule has 0 aliphatic rings. The average Bonchev–Trinajstić information content (AvgIpc) is 2.99. The molecule has 0 radical (unpaired) electrons. The molecule has 29 heavy (non-hydrogen) atoms. The zero-order valence-electron chi connectivity index (χ0n) is 18.4. The van der Waals surface area contributed by atoms with E-state index in [9.17, 15) is 10.2 Å². The van der Waals surface area contributed by atoms with Gasteiger partial charge in [0.2, 0.25) is 5.88 Å². The molecule has 0 saturated carbocycles. The van der Waals surface area contributed by atoms with Crippen LogP contribution in [0.3, 0.4) is 0 Å². The largest absolute Gasteiger partial charge is 0.494 e. The molecule has 4 nitrogen and oxygen atoms in total. The fraction of sp³-hybridized carbons (Fsp3) is 0.750. The Hall–Kier alpha value is -1.07. The molecule has 3 N–H and O–H groups in total. The first-order chi connectivity index (χ1) is 14.2. The Bertz CT molecular complexity index is 542. The van der Waals surface area contributed by atoms with Crippen molar-refractivity contribution in [3.8, 4) is 11.8 Å². The maximum absolute atomic E-state index is 10.2. The van der Waals surface area contributed by atoms with E-state index in [1.807, 2.05) is 0 Å². The number of hydrogen-bond acceptors (Lipinski definition) is 4. The SMILES string of the molecule is CCCCCCCCC=CCCCCCCCCn1c(O)cc(SCCO)c1O. The van der Waals surface area contributed by atoms with Gasteiger partial charge >= 0.3 is 0 Å². The van der Waals surface area contributed by atoms with Crippen molar-refractivity contribution in [2.24, 2.45) is 0 Å². The molecule has 0 bridgehead atoms. The number of rotatable bonds is 19. The van der Waals surface area contributed by atoms with E-state index in [2.05, 4.69) is 19.1 Å². The van der Waals surface area contributed by atoms with Crippen molar-refractivity contribution in [1.82, 2.24) is 4.57 Å². The van der Waals surface area contributed by atoms with Crippen molar-refractivity contribution < 1.29 is 15.3 Å². The number of nitrogens with zero attached hydrogens (tertiary/aromatic N) is 1. The highest BCUT2D eigenvalue weighted by Gasteiger charge is 2.13. The molecular weight excluding hydrogens is 382 g/mol. The summed E-state index contributed by atoms with van der Waals surface area (Å²) in [6, 6.07) is 1.58. The van der Waals surface area contributed by atoms with Crippen LogP contribution in [0.1, 0.15) is 96.8 Å². The maximum Gasteiger partial charge on any atom is 0.208 e. The molecule has 1 aromatic rings. The molecule has 0 fully saturated rings. The summed E-state index contributed by atoms with van der Waals surface area (Å²) in [5, 5.41) is 29.0. The van der Waals surface area contributed by atoms with E-state index in [4.69, 9.17) is 5.11 Å². The fourth-order valence-corrected chi connectivity index (χ4v) is 4.24. The molecule has 168 valence electrons. The van der Waals surface area contributed by atoms with E-state index >= 15 is 0 Å². The summed E-state index contributed by atoms with van der Waals surface area (Å²) in [6.45, 7) is 2.96. The Morgan fingerprint density at radius 3 is 1.97 bits per heavy atom. The smallest absolute Gasteiger partial charge is 0.208 e. The standard InChI is InChI=1S/C24H43NO3S/c1-2-3-4-5-6-7-8-9-10-11-12-13-14-15-16-17-18-25-23(27)21-22(24(25)28)29-20-19-26/h9-10,21,26-28H,2-8,11-20H2,1H3. The number of thioether (sulfide) groups is 1. The van der Waals surface area contributed by atoms with Gasteiger partial charge in [0.05, 0.1) is 11.5 Å². The number of aromatic nitrogens is 1. The molecule has 1 heterocycles. The lowest BCUT2D eigenvalue weighted by Gasteiger charge is -2.07. The third kappa shape index (κ3) is 12.3. The Labute approximate surface area is 182 Å². The van der Waals surface area contributed by atoms with Gasteiger partial charge in [0, 0.05) is 18.4 Å². The van der Waals surface area contributed by atoms with Gasteiger partial charge in [-0.2, -0.15) is 0 Å². The normalized spacial score (nSPS) is 11.7. The lowest BCUT2D eigenvalue weighted by atomic mass is 10.1. The van der Waals surface area contributed by atoms with Crippen molar-refractivity contribution in [3.63, 3.8) is 0 Å². The Balaban J connectivity index is 1.96. The van der Waals surface area contributed by atoms with E-state index < -0.39 is 0 Å². The summed E-state index contributed by atoms with van der Waals surface area (Å²) in [5.74, 6) is 0.745. The van der Waals surface area contributed by atoms with Crippen LogP contribution in [-0.2, 0) is 6.54 Å². The van der Waals surface area contributed by atoms with Gasteiger partial charge in [-0.25, -0.2) is 0 Å². The number of allylic oxidation sites excluding steroid dienone is 2. The van der Waals surface area contributed by atoms with Gasteiger partial charge in [-0.05, 0) is 32.1 Å². The van der Waals surface area contributed by atoms with Crippen LogP contribution in [0.15, 0.2) is 23.1 Å². The van der Waals surface area contributed by atoms with E-state index in [1.165, 1.54) is 88.8 Å². The first-order valence-electron chi connectivity index (χ1n) is 11.7. The van der Waals surface area contributed by atoms with Gasteiger partial charge in [-0.15, -0.1) is 11.8 Å². The molecule has 0 aromatic carbocycles. The van der Waals surface area contributed by atoms with E-state index in [-0.39, 0.29) is 18.4 Å². The van der Waals surface area contributed by atoms with Crippen molar-refractivity contribution in [2.45, 2.75) is 108 Å². The van der Waals surface area contributed by atoms with E-state index in [0.717, 1.165) is 12.8 Å². The van der Waals surface area contributed by atoms with Gasteiger partial charge < -0.3 is 15.3 Å². The number of aliphatic hydroxyl groups excluding tert-OH is 1. The summed E-state index contributed by atoms with van der Waals surface area (Å²) in [6.07, 6.45) is 22.5. The van der Waals surface area contributed by atoms with E-state index in [0.29, 0.717) is 17.2 Å². The summed E-state index contributed by atoms with van der Waals surface area (Å²) in [7, 11) is 0. The highest BCUT2D eigenvalue weighted by Crippen LogP contribution is 2.35. The molecule has 0 atom stereocenters. The molecule has 0 amide bonds. The van der Waals surface area contributed by atoms with Gasteiger partial charge in [0.15, 0.2) is 5.88 Å². The van der Waals surface area contributed by atoms with Crippen molar-refractivity contribution in [2.75, 3.05) is 12.4 Å². The monoisotopic (exact) mass is 425 g/mol. The van der Waals surface area contributed by atoms with Gasteiger partial charge in [-0.3, -0.25) is 4.57 Å². The topological polar surface area (TPSA) is 65.6 Å². The average molecular weight is 426 g/mol. The predicted octanol–water partition coefficient (Wildman–Crippen LogP) is 7.02. The highest BCUT2D eigenvalue weighted by atomic mass is 32.2. The van der Waals surface area contributed by atoms with Crippen LogP contribution in [0, 0.1) is 0 Å². The van der Waals surface area contributed by atoms with Crippen LogP contribution in [-0.4, -0.2) is 32.2 Å². The molecular formula is C24H43NO3S. The Morgan fingerprint density at radius 2 is 1.38 bits per heavy atom. The van der Waals surface area contributed by atoms with Crippen molar-refractivity contribution in [3.05, 3.63) is 18.2 Å². The predicted molar refractivity (Wildman–Crippen MR) is 125 cm³/mol. The molecule has 0 aliphatic heterocycles. The van der Waals surface area contributed by atoms with Crippen LogP contribution in [0.4, 0.5) is 0 Å². The van der Waals surface area contributed by atoms with Crippen molar-refractivity contribution >= 4 is 11.8 Å². The second kappa shape index (κ2) is 17.8. The van der Waals surface area contributed by atoms with Gasteiger partial charge in [-0.1, -0.05) is 76.9 Å². The summed E-state index contributed by atoms with van der Waals surface area (Å²) in [5.41, 5.74) is 0. The quantitative estimate of drug-likeness (QED) is 0.127. The molecule has 0 aliphatic carbocycles. The molecule has 5 heteroatoms. The summed E-state index contributed by atoms with van der Waals surface area (Å²) >= 11 is 1.36. The molecule has 1 aromatic heterocycles. The summed E-state index contributed by atoms with van der Waals surface area (Å²) < 4.78 is 1.56. The van der Waals surface area contributed by atoms with Crippen LogP contribution >= 0.6 is 11.8 Å². The minimum absolute atomic E-state index is 0.0605. The van der Waals surface area contributed by atoms with Crippen LogP contribution in [0.5, 0.6) is 11.8 Å². The van der Waals surface area contributed by atoms with Crippen LogP contribution in [0.25, 0.3) is 0 Å². The third-order valence-corrected chi connectivity index (χ3v) is 6.25. The Kier molecular flexibility index (Phi) is 15.9. The van der Waals surface area contributed by atoms with Crippen LogP contribution in [0.2, 0.25) is 0 Å². The first-order valence-corrected chi connectivity index (χ1v) is 12.7. The van der Waals surface area contributed by atoms with Gasteiger partial charge in [0.1, 0.15) is 0 Å². The zero-order valence-corrected chi connectivity index (χ0v) is 19.3. The molecule has 0 unspecified atom stereocenters. The van der Waals surface area contributed by atoms with Crippen molar-refractivity contribution in [1.29, 1.82) is 0 Å². The number of hydrogen-bond donors (Lipinski definition) is 3. The highest BCUT2D eigenvalue weighted by molar-refractivity contribution is 7.99. The Morgan fingerprint density at radius 1 is 0.828 bits per heavy atom. The van der Waals surface area contributed by atoms with E-state index in [1.54, 1.807) is 10.6 Å². The third-order valence-electron chi connectivity index (χ3n) is 5.26. The second-order valence-electron chi connectivity index (χ2n) is 7.85. The fourth-order valence-electron chi connectivity index (χ4n) is 3.50. The number of aromatic hydroxyl groups is 2. The number of aliphatic hydroxyl groups is 1. The molecule has 0 spiro atoms. The minimum atomic E-state index is 0.0605. The van der Waals surface area contributed by atoms with Crippen LogP contribution < -0.4 is 0 Å². The lowest BCUT2D eigenvalue weighted by molar-refractivity contribution is 0.322. The lowest BCUT2D eigenvalue weighted by Crippen LogP contribution is -1.97. The maximum atomic E-state index is 10.2. The minimum Gasteiger partial charge on any atom is -0.494 e. The molecule has 0 saturated heterocycles. The van der Waals surface area contributed by atoms with Gasteiger partial charge in [0.25, 0.3) is 0 Å². The number of unbranched alkanes of at least 4 members (excludes halogenated alkanes) is 12. The first kappa shape index (κ1) is 26.0. The molecule has 1 rings (SSSR count). The zero-order chi connectivity index (χ0) is 21.2.